The first kappa shape index (κ1) is 35.7. The predicted octanol–water partition coefficient (Wildman–Crippen LogP) is 7.03. The minimum atomic E-state index is -0.500. The van der Waals surface area contributed by atoms with E-state index in [2.05, 4.69) is 25.2 Å². The smallest absolute Gasteiger partial charge is 0.115 e. The third kappa shape index (κ3) is 47.0. The number of halogens is 2. The third-order valence-electron chi connectivity index (χ3n) is 2.01. The molecule has 0 aliphatic heterocycles. The van der Waals surface area contributed by atoms with Crippen molar-refractivity contribution in [3.8, 4) is 11.5 Å². The third-order valence-corrected chi connectivity index (χ3v) is 5.05. The molecule has 184 valence electrons. The van der Waals surface area contributed by atoms with Crippen molar-refractivity contribution in [1.82, 2.24) is 0 Å². The summed E-state index contributed by atoms with van der Waals surface area (Å²) < 4.78 is 2.27. The van der Waals surface area contributed by atoms with Crippen LogP contribution in [-0.2, 0) is 19.4 Å². The van der Waals surface area contributed by atoms with Crippen LogP contribution in [0, 0.1) is 5.41 Å². The van der Waals surface area contributed by atoms with Crippen LogP contribution in [0.3, 0.4) is 0 Å². The Hall–Kier alpha value is -0.902. The van der Waals surface area contributed by atoms with Crippen molar-refractivity contribution in [3.05, 3.63) is 58.6 Å². The zero-order valence-electron chi connectivity index (χ0n) is 20.6. The Balaban J connectivity index is -0.000000335. The molecule has 0 radical (unpaired) electrons. The maximum atomic E-state index is 8.70. The zero-order chi connectivity index (χ0) is 26.2. The van der Waals surface area contributed by atoms with Crippen molar-refractivity contribution in [1.29, 1.82) is 0 Å². The molecule has 0 amide bonds. The van der Waals surface area contributed by atoms with Gasteiger partial charge >= 0.3 is 49.9 Å². The number of aliphatic hydroxyl groups is 2. The maximum absolute atomic E-state index is 8.70. The summed E-state index contributed by atoms with van der Waals surface area (Å²) in [7, 11) is 0. The first-order chi connectivity index (χ1) is 14.1. The van der Waals surface area contributed by atoms with Gasteiger partial charge in [0.25, 0.3) is 0 Å². The summed E-state index contributed by atoms with van der Waals surface area (Å²) in [6.45, 7) is 17.1. The quantitative estimate of drug-likeness (QED) is 0.245. The van der Waals surface area contributed by atoms with Gasteiger partial charge in [-0.05, 0) is 90.1 Å². The van der Waals surface area contributed by atoms with Crippen LogP contribution in [0.4, 0.5) is 0 Å². The summed E-state index contributed by atoms with van der Waals surface area (Å²) in [6.07, 6.45) is 0. The average molecular weight is 659 g/mol. The van der Waals surface area contributed by atoms with Gasteiger partial charge in [0.2, 0.25) is 0 Å². The van der Waals surface area contributed by atoms with Crippen molar-refractivity contribution in [2.45, 2.75) is 73.5 Å². The Labute approximate surface area is 215 Å². The number of hydrogen-bond acceptors (Lipinski definition) is 4. The van der Waals surface area contributed by atoms with Gasteiger partial charge in [-0.3, -0.25) is 0 Å². The Morgan fingerprint density at radius 1 is 0.594 bits per heavy atom. The molecule has 32 heavy (non-hydrogen) atoms. The van der Waals surface area contributed by atoms with E-state index in [1.54, 1.807) is 109 Å². The molecule has 2 aromatic rings. The van der Waals surface area contributed by atoms with Gasteiger partial charge in [0, 0.05) is 10.0 Å². The SMILES string of the molecule is CC(C)(C)O.CC(C)(C)O.CC(C)(C)[CH]=[W].Oc1ccc(Cl)cc1.Oc1ccc(Cl)cc1. The van der Waals surface area contributed by atoms with Crippen LogP contribution in [0.2, 0.25) is 10.0 Å². The molecule has 0 aromatic heterocycles. The summed E-state index contributed by atoms with van der Waals surface area (Å²) in [5, 5.41) is 35.7. The Morgan fingerprint density at radius 3 is 0.844 bits per heavy atom. The van der Waals surface area contributed by atoms with Crippen molar-refractivity contribution < 1.29 is 39.8 Å². The van der Waals surface area contributed by atoms with E-state index >= 15 is 0 Å². The van der Waals surface area contributed by atoms with Crippen molar-refractivity contribution in [2.75, 3.05) is 0 Å². The predicted molar refractivity (Wildman–Crippen MR) is 136 cm³/mol. The molecule has 0 saturated carbocycles. The van der Waals surface area contributed by atoms with Crippen LogP contribution >= 0.6 is 23.2 Å². The molecule has 0 unspecified atom stereocenters. The van der Waals surface area contributed by atoms with Gasteiger partial charge in [-0.15, -0.1) is 0 Å². The van der Waals surface area contributed by atoms with Crippen molar-refractivity contribution in [3.63, 3.8) is 0 Å². The molecule has 0 atom stereocenters. The maximum Gasteiger partial charge on any atom is 0.115 e. The van der Waals surface area contributed by atoms with E-state index < -0.39 is 11.2 Å². The fourth-order valence-corrected chi connectivity index (χ4v) is 1.13. The van der Waals surface area contributed by atoms with E-state index in [-0.39, 0.29) is 11.5 Å². The molecule has 0 aliphatic carbocycles. The van der Waals surface area contributed by atoms with Gasteiger partial charge in [0.1, 0.15) is 11.5 Å². The van der Waals surface area contributed by atoms with Gasteiger partial charge in [0.05, 0.1) is 11.2 Å². The number of aromatic hydroxyl groups is 2. The molecule has 4 nitrogen and oxygen atoms in total. The van der Waals surface area contributed by atoms with Crippen molar-refractivity contribution >= 4 is 27.6 Å². The molecule has 0 spiro atoms. The molecular formula is C25H40Cl2O4W. The summed E-state index contributed by atoms with van der Waals surface area (Å²) in [6, 6.07) is 12.7. The Morgan fingerprint density at radius 2 is 0.750 bits per heavy atom. The first-order valence-corrected chi connectivity index (χ1v) is 12.4. The van der Waals surface area contributed by atoms with Crippen LogP contribution in [0.5, 0.6) is 11.5 Å². The topological polar surface area (TPSA) is 80.9 Å². The van der Waals surface area contributed by atoms with E-state index in [0.717, 1.165) is 0 Å². The number of phenols is 2. The van der Waals surface area contributed by atoms with Crippen molar-refractivity contribution in [2.24, 2.45) is 5.41 Å². The molecule has 0 saturated heterocycles. The van der Waals surface area contributed by atoms with Gasteiger partial charge in [-0.25, -0.2) is 0 Å². The molecule has 2 aromatic carbocycles. The second-order valence-electron chi connectivity index (χ2n) is 9.78. The summed E-state index contributed by atoms with van der Waals surface area (Å²) in [4.78, 5) is 0. The monoisotopic (exact) mass is 658 g/mol. The van der Waals surface area contributed by atoms with Crippen LogP contribution < -0.4 is 0 Å². The van der Waals surface area contributed by atoms with Gasteiger partial charge in [0.15, 0.2) is 0 Å². The largest absolute Gasteiger partial charge is 0.508 e. The number of hydrogen-bond donors (Lipinski definition) is 4. The summed E-state index contributed by atoms with van der Waals surface area (Å²) in [5.74, 6) is 0.490. The second kappa shape index (κ2) is 17.6. The molecule has 0 bridgehead atoms. The van der Waals surface area contributed by atoms with Crippen LogP contribution in [0.1, 0.15) is 62.3 Å². The Kier molecular flexibility index (Phi) is 19.6. The fraction of sp³-hybridized carbons (Fsp3) is 0.480. The molecule has 4 N–H and O–H groups in total. The second-order valence-corrected chi connectivity index (χ2v) is 11.5. The summed E-state index contributed by atoms with van der Waals surface area (Å²) >= 11 is 12.6. The molecule has 7 heteroatoms. The minimum absolute atomic E-state index is 0.245. The van der Waals surface area contributed by atoms with Gasteiger partial charge in [-0.1, -0.05) is 23.2 Å². The normalized spacial score (nSPS) is 10.4. The molecule has 0 fully saturated rings. The van der Waals surface area contributed by atoms with E-state index in [9.17, 15) is 0 Å². The van der Waals surface area contributed by atoms with E-state index in [1.165, 1.54) is 0 Å². The van der Waals surface area contributed by atoms with Gasteiger partial charge in [-0.2, -0.15) is 0 Å². The average Bonchev–Trinajstić information content (AvgIpc) is 2.58. The van der Waals surface area contributed by atoms with Crippen LogP contribution in [-0.4, -0.2) is 36.0 Å². The Bertz CT molecular complexity index is 603. The van der Waals surface area contributed by atoms with E-state index in [4.69, 9.17) is 43.6 Å². The molecule has 2 rings (SSSR count). The fourth-order valence-electron chi connectivity index (χ4n) is 0.882. The number of rotatable bonds is 0. The molecular weight excluding hydrogens is 619 g/mol. The minimum Gasteiger partial charge on any atom is -0.508 e. The van der Waals surface area contributed by atoms with Crippen LogP contribution in [0.25, 0.3) is 0 Å². The number of phenolic OH excluding ortho intramolecular Hbond substituents is 2. The zero-order valence-corrected chi connectivity index (χ0v) is 25.1. The molecule has 0 heterocycles. The summed E-state index contributed by atoms with van der Waals surface area (Å²) in [5.41, 5.74) is -0.546. The first-order valence-electron chi connectivity index (χ1n) is 9.94. The van der Waals surface area contributed by atoms with Gasteiger partial charge < -0.3 is 20.4 Å². The van der Waals surface area contributed by atoms with E-state index in [1.807, 2.05) is 0 Å². The molecule has 0 aliphatic rings. The standard InChI is InChI=1S/2C6H5ClO.C5H10.2C4H10O.W/c2*7-5-1-3-6(8)4-2-5;1-5(2,3)4;2*1-4(2,3)5;/h2*1-4,8H;1H,2-4H3;2*5H,1-3H3;. The van der Waals surface area contributed by atoms with E-state index in [0.29, 0.717) is 15.5 Å². The van der Waals surface area contributed by atoms with Crippen LogP contribution in [0.15, 0.2) is 48.5 Å². The number of benzene rings is 2.